The maximum atomic E-state index is 10.9. The Bertz CT molecular complexity index is 540. The van der Waals surface area contributed by atoms with E-state index < -0.39 is 5.97 Å². The predicted octanol–water partition coefficient (Wildman–Crippen LogP) is 1.62. The van der Waals surface area contributed by atoms with E-state index in [-0.39, 0.29) is 17.1 Å². The number of hydrogen-bond donors (Lipinski definition) is 3. The largest absolute Gasteiger partial charge is 0.508 e. The summed E-state index contributed by atoms with van der Waals surface area (Å²) in [6, 6.07) is 6.21. The van der Waals surface area contributed by atoms with Gasteiger partial charge in [-0.05, 0) is 24.3 Å². The van der Waals surface area contributed by atoms with E-state index in [2.05, 4.69) is 15.3 Å². The molecule has 6 nitrogen and oxygen atoms in total. The number of carbonyl (C=O) groups is 1. The first-order chi connectivity index (χ1) is 8.16. The van der Waals surface area contributed by atoms with E-state index in [1.54, 1.807) is 12.1 Å². The molecular formula is C11H9N3O3. The van der Waals surface area contributed by atoms with Gasteiger partial charge in [0.2, 0.25) is 0 Å². The minimum Gasteiger partial charge on any atom is -0.508 e. The van der Waals surface area contributed by atoms with Crippen molar-refractivity contribution in [2.45, 2.75) is 0 Å². The first-order valence-electron chi connectivity index (χ1n) is 4.76. The van der Waals surface area contributed by atoms with Crippen LogP contribution in [-0.2, 0) is 0 Å². The Balaban J connectivity index is 2.30. The van der Waals surface area contributed by atoms with Crippen LogP contribution in [0.25, 0.3) is 0 Å². The van der Waals surface area contributed by atoms with Crippen molar-refractivity contribution < 1.29 is 15.0 Å². The standard InChI is InChI=1S/C11H9N3O3/c15-8-3-1-7(2-4-8)14-10-9(11(16)17)5-12-6-13-10/h1-6,15H,(H,16,17)(H,12,13,14). The van der Waals surface area contributed by atoms with Crippen molar-refractivity contribution in [3.8, 4) is 5.75 Å². The van der Waals surface area contributed by atoms with Crippen molar-refractivity contribution in [2.75, 3.05) is 5.32 Å². The molecule has 0 saturated carbocycles. The lowest BCUT2D eigenvalue weighted by atomic mass is 10.2. The fraction of sp³-hybridized carbons (Fsp3) is 0. The number of aromatic nitrogens is 2. The maximum Gasteiger partial charge on any atom is 0.341 e. The lowest BCUT2D eigenvalue weighted by molar-refractivity contribution is 0.0697. The predicted molar refractivity (Wildman–Crippen MR) is 60.4 cm³/mol. The Morgan fingerprint density at radius 1 is 1.24 bits per heavy atom. The molecule has 1 heterocycles. The molecule has 0 fully saturated rings. The van der Waals surface area contributed by atoms with Crippen molar-refractivity contribution in [1.82, 2.24) is 9.97 Å². The van der Waals surface area contributed by atoms with Crippen molar-refractivity contribution in [2.24, 2.45) is 0 Å². The number of nitrogens with one attached hydrogen (secondary N) is 1. The SMILES string of the molecule is O=C(O)c1cncnc1Nc1ccc(O)cc1. The number of phenols is 1. The van der Waals surface area contributed by atoms with E-state index >= 15 is 0 Å². The summed E-state index contributed by atoms with van der Waals surface area (Å²) in [6.07, 6.45) is 2.48. The summed E-state index contributed by atoms with van der Waals surface area (Å²) in [7, 11) is 0. The van der Waals surface area contributed by atoms with Gasteiger partial charge in [0.15, 0.2) is 0 Å². The van der Waals surface area contributed by atoms with E-state index in [0.717, 1.165) is 0 Å². The summed E-state index contributed by atoms with van der Waals surface area (Å²) in [5.74, 6) is -0.762. The highest BCUT2D eigenvalue weighted by Crippen LogP contribution is 2.19. The van der Waals surface area contributed by atoms with Crippen LogP contribution >= 0.6 is 0 Å². The topological polar surface area (TPSA) is 95.3 Å². The molecule has 2 aromatic rings. The van der Waals surface area contributed by atoms with Gasteiger partial charge in [0.05, 0.1) is 0 Å². The number of carboxylic acid groups (broad SMARTS) is 1. The number of phenolic OH excluding ortho intramolecular Hbond substituents is 1. The van der Waals surface area contributed by atoms with Gasteiger partial charge in [-0.3, -0.25) is 0 Å². The Kier molecular flexibility index (Phi) is 2.87. The van der Waals surface area contributed by atoms with Crippen LogP contribution in [0.4, 0.5) is 11.5 Å². The van der Waals surface area contributed by atoms with Gasteiger partial charge in [-0.2, -0.15) is 0 Å². The Hall–Kier alpha value is -2.63. The smallest absolute Gasteiger partial charge is 0.341 e. The molecule has 1 aromatic heterocycles. The van der Waals surface area contributed by atoms with E-state index in [1.807, 2.05) is 0 Å². The van der Waals surface area contributed by atoms with Gasteiger partial charge < -0.3 is 15.5 Å². The molecule has 1 aromatic carbocycles. The molecule has 3 N–H and O–H groups in total. The van der Waals surface area contributed by atoms with Gasteiger partial charge in [0, 0.05) is 11.9 Å². The van der Waals surface area contributed by atoms with Gasteiger partial charge in [0.25, 0.3) is 0 Å². The summed E-state index contributed by atoms with van der Waals surface area (Å²) in [5.41, 5.74) is 0.615. The van der Waals surface area contributed by atoms with Gasteiger partial charge in [0.1, 0.15) is 23.5 Å². The molecule has 0 unspecified atom stereocenters. The third-order valence-corrected chi connectivity index (χ3v) is 2.07. The molecular weight excluding hydrogens is 222 g/mol. The van der Waals surface area contributed by atoms with Crippen LogP contribution in [0.15, 0.2) is 36.8 Å². The van der Waals surface area contributed by atoms with Crippen molar-refractivity contribution >= 4 is 17.5 Å². The van der Waals surface area contributed by atoms with Crippen LogP contribution in [-0.4, -0.2) is 26.2 Å². The maximum absolute atomic E-state index is 10.9. The summed E-state index contributed by atoms with van der Waals surface area (Å²) < 4.78 is 0. The second kappa shape index (κ2) is 4.48. The van der Waals surface area contributed by atoms with Crippen LogP contribution in [0.2, 0.25) is 0 Å². The zero-order valence-corrected chi connectivity index (χ0v) is 8.66. The molecule has 0 aliphatic heterocycles. The van der Waals surface area contributed by atoms with Crippen LogP contribution in [0.1, 0.15) is 10.4 Å². The zero-order chi connectivity index (χ0) is 12.3. The van der Waals surface area contributed by atoms with Crippen LogP contribution in [0.3, 0.4) is 0 Å². The minimum atomic E-state index is -1.10. The molecule has 0 amide bonds. The number of aromatic hydroxyl groups is 1. The second-order valence-corrected chi connectivity index (χ2v) is 3.26. The molecule has 0 spiro atoms. The monoisotopic (exact) mass is 231 g/mol. The number of benzene rings is 1. The van der Waals surface area contributed by atoms with Gasteiger partial charge in [-0.15, -0.1) is 0 Å². The van der Waals surface area contributed by atoms with Gasteiger partial charge in [-0.25, -0.2) is 14.8 Å². The van der Waals surface area contributed by atoms with Crippen molar-refractivity contribution in [3.63, 3.8) is 0 Å². The van der Waals surface area contributed by atoms with Gasteiger partial charge in [-0.1, -0.05) is 0 Å². The molecule has 0 bridgehead atoms. The van der Waals surface area contributed by atoms with Gasteiger partial charge >= 0.3 is 5.97 Å². The zero-order valence-electron chi connectivity index (χ0n) is 8.66. The molecule has 0 aliphatic carbocycles. The van der Waals surface area contributed by atoms with Crippen LogP contribution in [0.5, 0.6) is 5.75 Å². The lowest BCUT2D eigenvalue weighted by Crippen LogP contribution is -2.05. The third kappa shape index (κ3) is 2.49. The Morgan fingerprint density at radius 2 is 1.94 bits per heavy atom. The molecule has 0 saturated heterocycles. The summed E-state index contributed by atoms with van der Waals surface area (Å²) in [4.78, 5) is 18.4. The summed E-state index contributed by atoms with van der Waals surface area (Å²) in [6.45, 7) is 0. The Morgan fingerprint density at radius 3 is 2.59 bits per heavy atom. The summed E-state index contributed by atoms with van der Waals surface area (Å²) in [5, 5.41) is 20.9. The van der Waals surface area contributed by atoms with Crippen molar-refractivity contribution in [3.05, 3.63) is 42.4 Å². The number of nitrogens with zero attached hydrogens (tertiary/aromatic N) is 2. The van der Waals surface area contributed by atoms with E-state index in [1.165, 1.54) is 24.7 Å². The highest BCUT2D eigenvalue weighted by Gasteiger charge is 2.11. The van der Waals surface area contributed by atoms with Crippen LogP contribution in [0, 0.1) is 0 Å². The Labute approximate surface area is 96.6 Å². The number of rotatable bonds is 3. The second-order valence-electron chi connectivity index (χ2n) is 3.26. The van der Waals surface area contributed by atoms with Crippen LogP contribution < -0.4 is 5.32 Å². The van der Waals surface area contributed by atoms with Crippen molar-refractivity contribution in [1.29, 1.82) is 0 Å². The number of carboxylic acids is 1. The molecule has 86 valence electrons. The van der Waals surface area contributed by atoms with E-state index in [9.17, 15) is 4.79 Å². The lowest BCUT2D eigenvalue weighted by Gasteiger charge is -2.07. The number of hydrogen-bond acceptors (Lipinski definition) is 5. The average molecular weight is 231 g/mol. The highest BCUT2D eigenvalue weighted by atomic mass is 16.4. The third-order valence-electron chi connectivity index (χ3n) is 2.07. The normalized spacial score (nSPS) is 9.88. The molecule has 0 aliphatic rings. The molecule has 0 radical (unpaired) electrons. The summed E-state index contributed by atoms with van der Waals surface area (Å²) >= 11 is 0. The number of anilines is 2. The molecule has 6 heteroatoms. The fourth-order valence-corrected chi connectivity index (χ4v) is 1.27. The quantitative estimate of drug-likeness (QED) is 0.695. The first kappa shape index (κ1) is 10.9. The highest BCUT2D eigenvalue weighted by molar-refractivity contribution is 5.93. The first-order valence-corrected chi connectivity index (χ1v) is 4.76. The number of aromatic carboxylic acids is 1. The molecule has 17 heavy (non-hydrogen) atoms. The fourth-order valence-electron chi connectivity index (χ4n) is 1.27. The minimum absolute atomic E-state index is 0.0134. The van der Waals surface area contributed by atoms with E-state index in [0.29, 0.717) is 5.69 Å². The van der Waals surface area contributed by atoms with E-state index in [4.69, 9.17) is 10.2 Å². The average Bonchev–Trinajstić information content (AvgIpc) is 2.32. The molecule has 2 rings (SSSR count). The molecule has 0 atom stereocenters.